The van der Waals surface area contributed by atoms with Crippen LogP contribution in [0.1, 0.15) is 18.5 Å². The predicted octanol–water partition coefficient (Wildman–Crippen LogP) is 2.36. The van der Waals surface area contributed by atoms with Crippen molar-refractivity contribution in [1.82, 2.24) is 9.97 Å². The van der Waals surface area contributed by atoms with Crippen LogP contribution < -0.4 is 10.2 Å². The first-order valence-electron chi connectivity index (χ1n) is 5.76. The Bertz CT molecular complexity index is 429. The molecule has 1 heterocycles. The molecule has 1 aliphatic carbocycles. The Labute approximate surface area is 103 Å². The fourth-order valence-corrected chi connectivity index (χ4v) is 1.79. The molecule has 100 valence electrons. The molecule has 0 bridgehead atoms. The van der Waals surface area contributed by atoms with Crippen molar-refractivity contribution in [3.05, 3.63) is 11.8 Å². The molecule has 0 spiro atoms. The van der Waals surface area contributed by atoms with Crippen molar-refractivity contribution in [3.63, 3.8) is 0 Å². The van der Waals surface area contributed by atoms with Gasteiger partial charge in [0.05, 0.1) is 0 Å². The van der Waals surface area contributed by atoms with Gasteiger partial charge in [0.15, 0.2) is 0 Å². The third-order valence-electron chi connectivity index (χ3n) is 2.70. The summed E-state index contributed by atoms with van der Waals surface area (Å²) in [5.41, 5.74) is 0.650. The van der Waals surface area contributed by atoms with Gasteiger partial charge in [0.1, 0.15) is 12.4 Å². The van der Waals surface area contributed by atoms with Gasteiger partial charge in [-0.05, 0) is 19.8 Å². The maximum atomic E-state index is 12.6. The average Bonchev–Trinajstić information content (AvgIpc) is 3.07. The molecule has 1 N–H and O–H groups in total. The number of halogens is 3. The van der Waals surface area contributed by atoms with Crippen LogP contribution in [0.5, 0.6) is 0 Å². The van der Waals surface area contributed by atoms with E-state index in [1.807, 2.05) is 0 Å². The predicted molar refractivity (Wildman–Crippen MR) is 62.7 cm³/mol. The third-order valence-corrected chi connectivity index (χ3v) is 2.70. The third kappa shape index (κ3) is 3.24. The quantitative estimate of drug-likeness (QED) is 0.902. The van der Waals surface area contributed by atoms with Gasteiger partial charge < -0.3 is 10.2 Å². The highest BCUT2D eigenvalue weighted by Crippen LogP contribution is 2.33. The number of aromatic nitrogens is 2. The van der Waals surface area contributed by atoms with Crippen LogP contribution >= 0.6 is 0 Å². The minimum absolute atomic E-state index is 0.0503. The van der Waals surface area contributed by atoms with Crippen molar-refractivity contribution >= 4 is 11.8 Å². The summed E-state index contributed by atoms with van der Waals surface area (Å²) in [6.07, 6.45) is -2.65. The highest BCUT2D eigenvalue weighted by molar-refractivity contribution is 5.46. The SMILES string of the molecule is CNc1nc(C)cc(N(CC(F)(F)F)C2CC2)n1. The fraction of sp³-hybridized carbons (Fsp3) is 0.636. The van der Waals surface area contributed by atoms with Gasteiger partial charge in [-0.1, -0.05) is 0 Å². The zero-order valence-electron chi connectivity index (χ0n) is 10.3. The first-order chi connectivity index (χ1) is 8.39. The molecule has 0 aliphatic heterocycles. The van der Waals surface area contributed by atoms with E-state index in [2.05, 4.69) is 15.3 Å². The van der Waals surface area contributed by atoms with Crippen LogP contribution in [-0.4, -0.2) is 35.8 Å². The smallest absolute Gasteiger partial charge is 0.357 e. The second-order valence-electron chi connectivity index (χ2n) is 4.42. The number of aryl methyl sites for hydroxylation is 1. The molecule has 0 radical (unpaired) electrons. The molecular formula is C11H15F3N4. The zero-order valence-corrected chi connectivity index (χ0v) is 10.3. The Kier molecular flexibility index (Phi) is 3.32. The summed E-state index contributed by atoms with van der Waals surface area (Å²) in [6.45, 7) is 0.780. The van der Waals surface area contributed by atoms with Crippen molar-refractivity contribution in [3.8, 4) is 0 Å². The molecule has 0 atom stereocenters. The van der Waals surface area contributed by atoms with E-state index in [1.165, 1.54) is 4.90 Å². The first-order valence-corrected chi connectivity index (χ1v) is 5.76. The summed E-state index contributed by atoms with van der Waals surface area (Å²) in [5, 5.41) is 2.76. The van der Waals surface area contributed by atoms with Gasteiger partial charge >= 0.3 is 6.18 Å². The molecule has 0 saturated heterocycles. The lowest BCUT2D eigenvalue weighted by Gasteiger charge is -2.25. The van der Waals surface area contributed by atoms with Gasteiger partial charge in [-0.15, -0.1) is 0 Å². The van der Waals surface area contributed by atoms with Crippen LogP contribution in [0.2, 0.25) is 0 Å². The molecule has 1 fully saturated rings. The van der Waals surface area contributed by atoms with Gasteiger partial charge in [-0.3, -0.25) is 0 Å². The molecule has 4 nitrogen and oxygen atoms in total. The minimum atomic E-state index is -4.22. The van der Waals surface area contributed by atoms with Gasteiger partial charge in [-0.2, -0.15) is 18.2 Å². The Morgan fingerprint density at radius 2 is 2.06 bits per heavy atom. The number of nitrogens with zero attached hydrogens (tertiary/aromatic N) is 3. The van der Waals surface area contributed by atoms with Crippen molar-refractivity contribution in [1.29, 1.82) is 0 Å². The summed E-state index contributed by atoms with van der Waals surface area (Å²) < 4.78 is 37.7. The van der Waals surface area contributed by atoms with E-state index in [0.29, 0.717) is 17.5 Å². The summed E-state index contributed by atoms with van der Waals surface area (Å²) >= 11 is 0. The Morgan fingerprint density at radius 1 is 1.39 bits per heavy atom. The molecule has 7 heteroatoms. The standard InChI is InChI=1S/C11H15F3N4/c1-7-5-9(17-10(15-2)16-7)18(8-3-4-8)6-11(12,13)14/h5,8H,3-4,6H2,1-2H3,(H,15,16,17). The van der Waals surface area contributed by atoms with E-state index in [0.717, 1.165) is 12.8 Å². The molecule has 0 aromatic carbocycles. The van der Waals surface area contributed by atoms with Gasteiger partial charge in [0, 0.05) is 24.8 Å². The molecule has 1 aromatic rings. The highest BCUT2D eigenvalue weighted by Gasteiger charge is 2.39. The average molecular weight is 260 g/mol. The number of nitrogens with one attached hydrogen (secondary N) is 1. The molecular weight excluding hydrogens is 245 g/mol. The monoisotopic (exact) mass is 260 g/mol. The van der Waals surface area contributed by atoms with E-state index >= 15 is 0 Å². The summed E-state index contributed by atoms with van der Waals surface area (Å²) in [5.74, 6) is 0.685. The molecule has 1 aliphatic rings. The van der Waals surface area contributed by atoms with Crippen molar-refractivity contribution < 1.29 is 13.2 Å². The molecule has 2 rings (SSSR count). The molecule has 0 amide bonds. The summed E-state index contributed by atoms with van der Waals surface area (Å²) in [4.78, 5) is 9.50. The molecule has 18 heavy (non-hydrogen) atoms. The Morgan fingerprint density at radius 3 is 2.56 bits per heavy atom. The van der Waals surface area contributed by atoms with Crippen LogP contribution in [0.25, 0.3) is 0 Å². The van der Waals surface area contributed by atoms with Crippen molar-refractivity contribution in [2.75, 3.05) is 23.8 Å². The maximum absolute atomic E-state index is 12.6. The van der Waals surface area contributed by atoms with Crippen LogP contribution in [0, 0.1) is 6.92 Å². The highest BCUT2D eigenvalue weighted by atomic mass is 19.4. The number of hydrogen-bond acceptors (Lipinski definition) is 4. The van der Waals surface area contributed by atoms with Crippen LogP contribution in [-0.2, 0) is 0 Å². The molecule has 1 aromatic heterocycles. The second-order valence-corrected chi connectivity index (χ2v) is 4.42. The van der Waals surface area contributed by atoms with E-state index in [1.54, 1.807) is 20.0 Å². The normalized spacial score (nSPS) is 15.6. The van der Waals surface area contributed by atoms with Gasteiger partial charge in [-0.25, -0.2) is 4.98 Å². The van der Waals surface area contributed by atoms with Crippen molar-refractivity contribution in [2.24, 2.45) is 0 Å². The van der Waals surface area contributed by atoms with E-state index < -0.39 is 12.7 Å². The van der Waals surface area contributed by atoms with E-state index in [-0.39, 0.29) is 6.04 Å². The van der Waals surface area contributed by atoms with Crippen molar-refractivity contribution in [2.45, 2.75) is 32.0 Å². The minimum Gasteiger partial charge on any atom is -0.357 e. The summed E-state index contributed by atoms with van der Waals surface area (Å²) in [6, 6.07) is 1.54. The van der Waals surface area contributed by atoms with Gasteiger partial charge in [0.25, 0.3) is 0 Å². The fourth-order valence-electron chi connectivity index (χ4n) is 1.79. The lowest BCUT2D eigenvalue weighted by atomic mass is 10.3. The number of alkyl halides is 3. The molecule has 0 unspecified atom stereocenters. The first kappa shape index (κ1) is 12.9. The van der Waals surface area contributed by atoms with Gasteiger partial charge in [0.2, 0.25) is 5.95 Å². The summed E-state index contributed by atoms with van der Waals surface area (Å²) in [7, 11) is 1.64. The number of anilines is 2. The van der Waals surface area contributed by atoms with Crippen LogP contribution in [0.3, 0.4) is 0 Å². The molecule has 1 saturated carbocycles. The largest absolute Gasteiger partial charge is 0.405 e. The number of rotatable bonds is 4. The zero-order chi connectivity index (χ0) is 13.3. The Balaban J connectivity index is 2.27. The topological polar surface area (TPSA) is 41.1 Å². The lowest BCUT2D eigenvalue weighted by molar-refractivity contribution is -0.120. The van der Waals surface area contributed by atoms with E-state index in [4.69, 9.17) is 0 Å². The van der Waals surface area contributed by atoms with Crippen LogP contribution in [0.4, 0.5) is 24.9 Å². The number of hydrogen-bond donors (Lipinski definition) is 1. The lowest BCUT2D eigenvalue weighted by Crippen LogP contribution is -2.36. The Hall–Kier alpha value is -1.53. The second kappa shape index (κ2) is 4.62. The van der Waals surface area contributed by atoms with E-state index in [9.17, 15) is 13.2 Å². The van der Waals surface area contributed by atoms with Crippen LogP contribution in [0.15, 0.2) is 6.07 Å². The maximum Gasteiger partial charge on any atom is 0.405 e.